The third-order valence-corrected chi connectivity index (χ3v) is 10.8. The maximum absolute atomic E-state index is 12.2. The molecule has 1 aromatic carbocycles. The van der Waals surface area contributed by atoms with Crippen molar-refractivity contribution < 1.29 is 134 Å². The molecule has 0 aliphatic carbocycles. The number of hydrogen-bond donors (Lipinski definition) is 9. The van der Waals surface area contributed by atoms with Gasteiger partial charge in [-0.2, -0.15) is 58.9 Å². The number of ether oxygens (including phenoxy) is 3. The quantitative estimate of drug-likeness (QED) is 0.0473. The van der Waals surface area contributed by atoms with Crippen LogP contribution in [0.25, 0.3) is 0 Å². The smallest absolute Gasteiger partial charge is 0.349 e. The van der Waals surface area contributed by atoms with Gasteiger partial charge in [-0.1, -0.05) is 12.1 Å². The van der Waals surface area contributed by atoms with E-state index in [1.165, 1.54) is 6.07 Å². The van der Waals surface area contributed by atoms with Gasteiger partial charge >= 0.3 is 72.8 Å². The summed E-state index contributed by atoms with van der Waals surface area (Å²) in [4.78, 5) is -2.98. The first kappa shape index (κ1) is 51.2. The minimum atomic E-state index is -6.13. The Labute approximate surface area is 338 Å². The fraction of sp³-hybridized carbons (Fsp3) is 0.667. The average molecular weight is 1030 g/mol. The first-order valence-electron chi connectivity index (χ1n) is 13.9. The molecule has 0 radical (unpaired) electrons. The molecule has 2 aliphatic rings. The van der Waals surface area contributed by atoms with Gasteiger partial charge in [-0.3, -0.25) is 31.9 Å². The molecule has 40 heteroatoms. The molecule has 1 aromatic rings. The molecule has 10 atom stereocenters. The van der Waals surface area contributed by atoms with Gasteiger partial charge < -0.3 is 14.2 Å². The molecule has 0 amide bonds. The van der Waals surface area contributed by atoms with E-state index < -0.39 is 152 Å². The molecule has 2 saturated heterocycles. The summed E-state index contributed by atoms with van der Waals surface area (Å²) < 4.78 is 278. The average Bonchev–Trinajstić information content (AvgIpc) is 2.97. The second-order valence-corrected chi connectivity index (χ2v) is 19.5. The van der Waals surface area contributed by atoms with Crippen LogP contribution in [0.2, 0.25) is 0 Å². The van der Waals surface area contributed by atoms with Crippen LogP contribution in [0.1, 0.15) is 5.56 Å². The Hall–Kier alpha value is -1.11. The van der Waals surface area contributed by atoms with Gasteiger partial charge in [0, 0.05) is 4.90 Å². The fourth-order valence-electron chi connectivity index (χ4n) is 5.06. The lowest BCUT2D eigenvalue weighted by atomic mass is 9.90. The van der Waals surface area contributed by atoms with Crippen LogP contribution < -0.4 is 0 Å². The predicted molar refractivity (Wildman–Crippen MR) is 180 cm³/mol. The largest absolute Gasteiger partial charge is 0.397 e. The van der Waals surface area contributed by atoms with E-state index in [1.807, 2.05) is 0 Å². The first-order valence-corrected chi connectivity index (χ1v) is 24.3. The Morgan fingerprint density at radius 3 is 1.43 bits per heavy atom. The SMILES string of the molecule is O=S(=O)(O)OC[C@H]1O[C@H](O[C@H]2[C@H](OS(=O)(=O)O)[C@@H](OS(=O)(=O)O)[C@@](S)(c3cccc(S)c3)O[C@@H]2COS(=O)(=O)O)[C@H](OS(=O)(=O)O)[C@@H](OS(=O)(=O)O)[C@@H]1OS(=O)(=O)O. The standard InChI is InChI=1S/C18H26O31S9/c19-52(20,21)40-5-9-12(45-54(25,26)27)13(46-55(28,29)30)15(48-57(34,35)36)17(42-9)43-11-10(6-41-53(22,23)24)44-18(51,7-2-1-3-8(50)4-7)16(49-58(37,38)39)14(11)47-56(31,32)33/h1-4,9-17,50-51H,5-6H2,(H,19,20,21)(H,22,23,24)(H,25,26,27)(H,28,29,30)(H,31,32,33)(H,34,35,36)(H,37,38,39)/t9-,10-,11-,12-,13+,14+,15-,16-,17-,18+/m1/s1. The molecule has 0 saturated carbocycles. The van der Waals surface area contributed by atoms with Crippen molar-refractivity contribution in [3.05, 3.63) is 29.8 Å². The lowest BCUT2D eigenvalue weighted by Gasteiger charge is -2.51. The normalized spacial score (nSPS) is 30.9. The van der Waals surface area contributed by atoms with Gasteiger partial charge in [-0.05, 0) is 17.7 Å². The van der Waals surface area contributed by atoms with Crippen LogP contribution in [0.3, 0.4) is 0 Å². The summed E-state index contributed by atoms with van der Waals surface area (Å²) in [5.74, 6) is 0. The lowest BCUT2D eigenvalue weighted by Crippen LogP contribution is -2.68. The zero-order chi connectivity index (χ0) is 44.7. The zero-order valence-electron chi connectivity index (χ0n) is 27.1. The van der Waals surface area contributed by atoms with E-state index in [-0.39, 0.29) is 4.90 Å². The van der Waals surface area contributed by atoms with Crippen molar-refractivity contribution in [3.63, 3.8) is 0 Å². The van der Waals surface area contributed by atoms with Crippen LogP contribution >= 0.6 is 25.3 Å². The van der Waals surface area contributed by atoms with Gasteiger partial charge in [0.25, 0.3) is 0 Å². The lowest BCUT2D eigenvalue weighted by molar-refractivity contribution is -0.333. The van der Waals surface area contributed by atoms with Gasteiger partial charge in [-0.25, -0.2) is 29.3 Å². The van der Waals surface area contributed by atoms with E-state index in [2.05, 4.69) is 54.5 Å². The first-order chi connectivity index (χ1) is 25.8. The van der Waals surface area contributed by atoms with Crippen molar-refractivity contribution in [2.24, 2.45) is 0 Å². The molecule has 7 N–H and O–H groups in total. The molecule has 2 fully saturated rings. The summed E-state index contributed by atoms with van der Waals surface area (Å²) in [6.45, 7) is -3.56. The summed E-state index contributed by atoms with van der Waals surface area (Å²) in [5, 5.41) is 0. The van der Waals surface area contributed by atoms with Gasteiger partial charge in [0.15, 0.2) is 23.4 Å². The van der Waals surface area contributed by atoms with Crippen molar-refractivity contribution in [1.29, 1.82) is 0 Å². The van der Waals surface area contributed by atoms with Crippen LogP contribution in [0, 0.1) is 0 Å². The van der Waals surface area contributed by atoms with Crippen LogP contribution in [0.5, 0.6) is 0 Å². The molecular weight excluding hydrogens is 1000 g/mol. The molecule has 0 bridgehead atoms. The molecule has 2 heterocycles. The third kappa shape index (κ3) is 16.3. The monoisotopic (exact) mass is 1030 g/mol. The van der Waals surface area contributed by atoms with Crippen LogP contribution in [0.15, 0.2) is 29.2 Å². The van der Waals surface area contributed by atoms with Crippen LogP contribution in [0.4, 0.5) is 0 Å². The maximum Gasteiger partial charge on any atom is 0.397 e. The molecule has 2 aliphatic heterocycles. The molecule has 0 spiro atoms. The van der Waals surface area contributed by atoms with Crippen LogP contribution in [-0.4, -0.2) is 159 Å². The molecule has 0 unspecified atom stereocenters. The minimum Gasteiger partial charge on any atom is -0.349 e. The van der Waals surface area contributed by atoms with Crippen molar-refractivity contribution in [3.8, 4) is 0 Å². The van der Waals surface area contributed by atoms with E-state index in [0.29, 0.717) is 0 Å². The van der Waals surface area contributed by atoms with Crippen molar-refractivity contribution in [2.75, 3.05) is 13.2 Å². The third-order valence-electron chi connectivity index (χ3n) is 6.77. The van der Waals surface area contributed by atoms with Gasteiger partial charge in [0.2, 0.25) is 0 Å². The zero-order valence-corrected chi connectivity index (χ0v) is 34.6. The number of rotatable bonds is 19. The predicted octanol–water partition coefficient (Wildman–Crippen LogP) is -3.85. The second-order valence-electron chi connectivity index (χ2n) is 10.9. The van der Waals surface area contributed by atoms with Gasteiger partial charge in [0.1, 0.15) is 36.6 Å². The van der Waals surface area contributed by atoms with Gasteiger partial charge in [-0.15, -0.1) is 25.3 Å². The Morgan fingerprint density at radius 1 is 0.552 bits per heavy atom. The highest BCUT2D eigenvalue weighted by Gasteiger charge is 2.62. The van der Waals surface area contributed by atoms with E-state index in [4.69, 9.17) is 18.8 Å². The topological polar surface area (TPSA) is 473 Å². The fourth-order valence-corrected chi connectivity index (χ4v) is 8.93. The summed E-state index contributed by atoms with van der Waals surface area (Å²) in [6, 6.07) is 4.41. The summed E-state index contributed by atoms with van der Waals surface area (Å²) >= 11 is 8.23. The molecule has 0 aromatic heterocycles. The molecule has 58 heavy (non-hydrogen) atoms. The van der Waals surface area contributed by atoms with E-state index in [9.17, 15) is 86.2 Å². The summed E-state index contributed by atoms with van der Waals surface area (Å²) in [5.41, 5.74) is -0.466. The van der Waals surface area contributed by atoms with E-state index in [1.54, 1.807) is 0 Å². The number of hydrogen-bond acceptors (Lipinski definition) is 26. The van der Waals surface area contributed by atoms with Gasteiger partial charge in [0.05, 0.1) is 13.2 Å². The van der Waals surface area contributed by atoms with Crippen LogP contribution in [-0.2, 0) is 121 Å². The Bertz CT molecular complexity index is 2430. The molecule has 338 valence electrons. The highest BCUT2D eigenvalue weighted by atomic mass is 32.3. The Kier molecular flexibility index (Phi) is 16.2. The number of benzene rings is 1. The van der Waals surface area contributed by atoms with Crippen molar-refractivity contribution >= 4 is 98.1 Å². The van der Waals surface area contributed by atoms with E-state index in [0.717, 1.165) is 18.2 Å². The molecular formula is C18H26O31S9. The minimum absolute atomic E-state index is 0.0259. The summed E-state index contributed by atoms with van der Waals surface area (Å²) in [7, 11) is -41.5. The van der Waals surface area contributed by atoms with E-state index >= 15 is 0 Å². The maximum atomic E-state index is 12.2. The van der Waals surface area contributed by atoms with Crippen molar-refractivity contribution in [2.45, 2.75) is 65.0 Å². The second kappa shape index (κ2) is 18.3. The highest BCUT2D eigenvalue weighted by molar-refractivity contribution is 7.83. The Morgan fingerprint density at radius 2 is 0.983 bits per heavy atom. The van der Waals surface area contributed by atoms with Crippen molar-refractivity contribution in [1.82, 2.24) is 0 Å². The Balaban J connectivity index is 2.43. The highest BCUT2D eigenvalue weighted by Crippen LogP contribution is 2.47. The number of thiol groups is 2. The summed E-state index contributed by atoms with van der Waals surface area (Å²) in [6.07, 6.45) is -27.1. The molecule has 3 rings (SSSR count). The molecule has 31 nitrogen and oxygen atoms in total.